The predicted octanol–water partition coefficient (Wildman–Crippen LogP) is 9.72. The predicted molar refractivity (Wildman–Crippen MR) is 164 cm³/mol. The largest absolute Gasteiger partial charge is 0.489 e. The highest BCUT2D eigenvalue weighted by atomic mass is 79.9. The summed E-state index contributed by atoms with van der Waals surface area (Å²) in [6.07, 6.45) is 0. The third-order valence-corrected chi connectivity index (χ3v) is 8.49. The van der Waals surface area contributed by atoms with Crippen LogP contribution < -0.4 is 10.4 Å². The van der Waals surface area contributed by atoms with Gasteiger partial charge in [-0.25, -0.2) is 4.79 Å². The number of hydrogen-bond acceptors (Lipinski definition) is 5. The van der Waals surface area contributed by atoms with E-state index in [2.05, 4.69) is 99.5 Å². The van der Waals surface area contributed by atoms with Crippen molar-refractivity contribution >= 4 is 49.6 Å². The summed E-state index contributed by atoms with van der Waals surface area (Å²) in [5, 5.41) is 6.03. The molecule has 0 amide bonds. The van der Waals surface area contributed by atoms with Gasteiger partial charge in [0.25, 0.3) is 0 Å². The van der Waals surface area contributed by atoms with Crippen LogP contribution in [0, 0.1) is 6.92 Å². The van der Waals surface area contributed by atoms with E-state index >= 15 is 0 Å². The van der Waals surface area contributed by atoms with Crippen LogP contribution in [0.15, 0.2) is 117 Å². The maximum Gasteiger partial charge on any atom is 0.336 e. The molecule has 0 saturated carbocycles. The monoisotopic (exact) mass is 600 g/mol. The molecule has 0 fully saturated rings. The quantitative estimate of drug-likeness (QED) is 0.141. The van der Waals surface area contributed by atoms with Gasteiger partial charge in [-0.3, -0.25) is 0 Å². The molecule has 0 aliphatic carbocycles. The van der Waals surface area contributed by atoms with E-state index in [1.807, 2.05) is 19.1 Å². The van der Waals surface area contributed by atoms with Crippen LogP contribution in [0.4, 0.5) is 0 Å². The smallest absolute Gasteiger partial charge is 0.336 e. The first-order chi connectivity index (χ1) is 18.6. The molecule has 0 radical (unpaired) electrons. The lowest BCUT2D eigenvalue weighted by molar-refractivity contribution is 0.306. The Hall–Kier alpha value is -3.45. The molecule has 3 aromatic carbocycles. The standard InChI is InChI=1S/C21H16O3S.C11H9BrS/c1-14-11-21(22)24-19-12-17(8-9-18(14)19)23-13-15-4-6-16(7-5-15)20-3-2-10-25-20;12-8-9-3-5-10(6-4-9)11-2-1-7-13-11/h2-12H,13H2,1H3;1-7H,8H2. The Labute approximate surface area is 238 Å². The van der Waals surface area contributed by atoms with Crippen molar-refractivity contribution in [3.8, 4) is 26.6 Å². The topological polar surface area (TPSA) is 39.4 Å². The lowest BCUT2D eigenvalue weighted by atomic mass is 10.1. The van der Waals surface area contributed by atoms with Crippen molar-refractivity contribution in [3.05, 3.63) is 135 Å². The van der Waals surface area contributed by atoms with Crippen molar-refractivity contribution in [2.75, 3.05) is 0 Å². The molecule has 3 heterocycles. The third kappa shape index (κ3) is 6.51. The first kappa shape index (κ1) is 26.2. The Bertz CT molecular complexity index is 1650. The number of ether oxygens (including phenoxy) is 1. The van der Waals surface area contributed by atoms with E-state index in [4.69, 9.17) is 9.15 Å². The zero-order valence-corrected chi connectivity index (χ0v) is 23.9. The van der Waals surface area contributed by atoms with Crippen molar-refractivity contribution in [1.29, 1.82) is 0 Å². The molecular weight excluding hydrogens is 576 g/mol. The van der Waals surface area contributed by atoms with Crippen LogP contribution in [0.1, 0.15) is 16.7 Å². The second-order valence-electron chi connectivity index (χ2n) is 8.68. The van der Waals surface area contributed by atoms with Crippen LogP contribution in [0.2, 0.25) is 0 Å². The maximum absolute atomic E-state index is 11.5. The van der Waals surface area contributed by atoms with Crippen LogP contribution in [0.5, 0.6) is 5.75 Å². The fraction of sp³-hybridized carbons (Fsp3) is 0.0938. The Morgan fingerprint density at radius 2 is 1.37 bits per heavy atom. The van der Waals surface area contributed by atoms with Gasteiger partial charge < -0.3 is 9.15 Å². The summed E-state index contributed by atoms with van der Waals surface area (Å²) in [6.45, 7) is 2.36. The van der Waals surface area contributed by atoms with E-state index in [1.165, 1.54) is 32.5 Å². The van der Waals surface area contributed by atoms with Crippen LogP contribution >= 0.6 is 38.6 Å². The van der Waals surface area contributed by atoms with Gasteiger partial charge in [0.05, 0.1) is 0 Å². The maximum atomic E-state index is 11.5. The van der Waals surface area contributed by atoms with Gasteiger partial charge in [-0.05, 0) is 69.8 Å². The second kappa shape index (κ2) is 12.4. The molecule has 6 heteroatoms. The number of thiophene rings is 2. The number of rotatable bonds is 6. The first-order valence-corrected chi connectivity index (χ1v) is 15.0. The normalized spacial score (nSPS) is 10.7. The number of benzene rings is 3. The molecule has 3 aromatic heterocycles. The lowest BCUT2D eigenvalue weighted by Gasteiger charge is -2.08. The van der Waals surface area contributed by atoms with Gasteiger partial charge in [0.15, 0.2) is 0 Å². The first-order valence-electron chi connectivity index (χ1n) is 12.1. The van der Waals surface area contributed by atoms with Crippen LogP contribution in [0.3, 0.4) is 0 Å². The fourth-order valence-corrected chi connectivity index (χ4v) is 5.81. The van der Waals surface area contributed by atoms with Gasteiger partial charge in [0.2, 0.25) is 0 Å². The summed E-state index contributed by atoms with van der Waals surface area (Å²) >= 11 is 6.94. The van der Waals surface area contributed by atoms with Gasteiger partial charge in [0.1, 0.15) is 17.9 Å². The van der Waals surface area contributed by atoms with Gasteiger partial charge in [0, 0.05) is 32.6 Å². The minimum Gasteiger partial charge on any atom is -0.489 e. The molecule has 38 heavy (non-hydrogen) atoms. The molecule has 0 spiro atoms. The molecule has 0 atom stereocenters. The van der Waals surface area contributed by atoms with Gasteiger partial charge in [-0.1, -0.05) is 76.6 Å². The third-order valence-electron chi connectivity index (χ3n) is 6.00. The number of fused-ring (bicyclic) bond motifs is 1. The minimum atomic E-state index is -0.341. The molecule has 6 aromatic rings. The van der Waals surface area contributed by atoms with E-state index in [1.54, 1.807) is 28.7 Å². The molecule has 0 N–H and O–H groups in total. The minimum absolute atomic E-state index is 0.341. The van der Waals surface area contributed by atoms with Crippen molar-refractivity contribution in [3.63, 3.8) is 0 Å². The molecule has 0 unspecified atom stereocenters. The van der Waals surface area contributed by atoms with Crippen LogP contribution in [0.25, 0.3) is 31.9 Å². The number of hydrogen-bond donors (Lipinski definition) is 0. The molecule has 0 aliphatic heterocycles. The van der Waals surface area contributed by atoms with Gasteiger partial charge in [-0.2, -0.15) is 0 Å². The molecule has 0 aliphatic rings. The Morgan fingerprint density at radius 1 is 0.763 bits per heavy atom. The van der Waals surface area contributed by atoms with Crippen LogP contribution in [-0.4, -0.2) is 0 Å². The SMILES string of the molecule is BrCc1ccc(-c2cccs2)cc1.Cc1cc(=O)oc2cc(OCc3ccc(-c4cccs4)cc3)ccc12. The van der Waals surface area contributed by atoms with Crippen molar-refractivity contribution in [1.82, 2.24) is 0 Å². The van der Waals surface area contributed by atoms with Crippen molar-refractivity contribution in [2.45, 2.75) is 18.9 Å². The number of aryl methyl sites for hydroxylation is 1. The fourth-order valence-electron chi connectivity index (χ4n) is 3.97. The average Bonchev–Trinajstić information content (AvgIpc) is 3.68. The Kier molecular flexibility index (Phi) is 8.54. The van der Waals surface area contributed by atoms with Gasteiger partial charge >= 0.3 is 5.63 Å². The highest BCUT2D eigenvalue weighted by Crippen LogP contribution is 2.27. The average molecular weight is 602 g/mol. The summed E-state index contributed by atoms with van der Waals surface area (Å²) in [7, 11) is 0. The summed E-state index contributed by atoms with van der Waals surface area (Å²) in [5.74, 6) is 0.684. The summed E-state index contributed by atoms with van der Waals surface area (Å²) in [5.41, 5.74) is 6.04. The zero-order chi connectivity index (χ0) is 26.3. The molecule has 190 valence electrons. The number of alkyl halides is 1. The summed E-state index contributed by atoms with van der Waals surface area (Å²) < 4.78 is 11.1. The highest BCUT2D eigenvalue weighted by molar-refractivity contribution is 9.08. The van der Waals surface area contributed by atoms with E-state index in [0.29, 0.717) is 17.9 Å². The molecule has 0 bridgehead atoms. The molecule has 6 rings (SSSR count). The summed E-state index contributed by atoms with van der Waals surface area (Å²) in [4.78, 5) is 14.1. The van der Waals surface area contributed by atoms with Gasteiger partial charge in [-0.15, -0.1) is 22.7 Å². The Balaban J connectivity index is 0.000000190. The summed E-state index contributed by atoms with van der Waals surface area (Å²) in [6, 6.07) is 32.5. The zero-order valence-electron chi connectivity index (χ0n) is 20.7. The highest BCUT2D eigenvalue weighted by Gasteiger charge is 2.05. The lowest BCUT2D eigenvalue weighted by Crippen LogP contribution is -1.99. The van der Waals surface area contributed by atoms with E-state index in [-0.39, 0.29) is 5.63 Å². The number of halogens is 1. The van der Waals surface area contributed by atoms with E-state index in [9.17, 15) is 4.79 Å². The van der Waals surface area contributed by atoms with E-state index < -0.39 is 0 Å². The van der Waals surface area contributed by atoms with Crippen LogP contribution in [-0.2, 0) is 11.9 Å². The van der Waals surface area contributed by atoms with Crippen molar-refractivity contribution < 1.29 is 9.15 Å². The molecule has 0 saturated heterocycles. The molecule has 3 nitrogen and oxygen atoms in total. The Morgan fingerprint density at radius 3 is 1.92 bits per heavy atom. The van der Waals surface area contributed by atoms with E-state index in [0.717, 1.165) is 21.8 Å². The van der Waals surface area contributed by atoms with Crippen molar-refractivity contribution in [2.24, 2.45) is 0 Å². The molecular formula is C32H25BrO3S2. The second-order valence-corrected chi connectivity index (χ2v) is 11.1.